The van der Waals surface area contributed by atoms with E-state index in [0.29, 0.717) is 11.6 Å². The van der Waals surface area contributed by atoms with E-state index in [9.17, 15) is 9.59 Å². The van der Waals surface area contributed by atoms with Gasteiger partial charge in [-0.3, -0.25) is 14.5 Å². The molecule has 1 saturated heterocycles. The maximum atomic E-state index is 12.2. The minimum Gasteiger partial charge on any atom is -0.278 e. The summed E-state index contributed by atoms with van der Waals surface area (Å²) in [5, 5.41) is 0.615. The molecule has 0 aromatic carbocycles. The van der Waals surface area contributed by atoms with Crippen LogP contribution in [0.3, 0.4) is 0 Å². The summed E-state index contributed by atoms with van der Waals surface area (Å²) >= 11 is 5.74. The van der Waals surface area contributed by atoms with Crippen LogP contribution in [0.4, 0.5) is 0 Å². The maximum Gasteiger partial charge on any atom is 0.234 e. The fraction of sp³-hybridized carbons (Fsp3) is 0.538. The van der Waals surface area contributed by atoms with Crippen LogP contribution in [0.5, 0.6) is 0 Å². The van der Waals surface area contributed by atoms with E-state index < -0.39 is 0 Å². The Balaban J connectivity index is 1.85. The Morgan fingerprint density at radius 2 is 1.88 bits per heavy atom. The molecule has 0 spiro atoms. The normalized spacial score (nSPS) is 39.4. The van der Waals surface area contributed by atoms with Gasteiger partial charge in [-0.2, -0.15) is 0 Å². The second kappa shape index (κ2) is 3.70. The Kier molecular flexibility index (Phi) is 2.40. The lowest BCUT2D eigenvalue weighted by molar-refractivity contribution is -0.140. The monoisotopic (exact) mass is 251 g/mol. The van der Waals surface area contributed by atoms with E-state index in [0.717, 1.165) is 6.42 Å². The van der Waals surface area contributed by atoms with E-state index in [-0.39, 0.29) is 35.5 Å². The molecule has 0 N–H and O–H groups in total. The predicted molar refractivity (Wildman–Crippen MR) is 64.0 cm³/mol. The SMILES string of the molecule is C/C(Cl)=C/CN1C(=O)[C@@H]2[C@H](C1=O)[C@H]1C=C[C@H]2C1. The smallest absolute Gasteiger partial charge is 0.234 e. The first-order chi connectivity index (χ1) is 8.09. The van der Waals surface area contributed by atoms with Crippen molar-refractivity contribution in [3.63, 3.8) is 0 Å². The number of allylic oxidation sites excluding steroid dienone is 3. The number of imide groups is 1. The van der Waals surface area contributed by atoms with Crippen molar-refractivity contribution in [2.75, 3.05) is 6.54 Å². The summed E-state index contributed by atoms with van der Waals surface area (Å²) in [6.45, 7) is 2.07. The first-order valence-electron chi connectivity index (χ1n) is 5.95. The molecular formula is C13H14ClNO2. The van der Waals surface area contributed by atoms with E-state index in [2.05, 4.69) is 12.2 Å². The zero-order chi connectivity index (χ0) is 12.2. The van der Waals surface area contributed by atoms with E-state index in [1.54, 1.807) is 13.0 Å². The summed E-state index contributed by atoms with van der Waals surface area (Å²) < 4.78 is 0. The molecule has 0 aromatic rings. The summed E-state index contributed by atoms with van der Waals surface area (Å²) in [5.41, 5.74) is 0. The second-order valence-electron chi connectivity index (χ2n) is 5.08. The molecule has 2 fully saturated rings. The molecule has 3 nitrogen and oxygen atoms in total. The topological polar surface area (TPSA) is 37.4 Å². The minimum atomic E-state index is -0.0958. The molecule has 0 aromatic heterocycles. The summed E-state index contributed by atoms with van der Waals surface area (Å²) in [4.78, 5) is 25.8. The number of amides is 2. The van der Waals surface area contributed by atoms with Gasteiger partial charge in [0.15, 0.2) is 0 Å². The van der Waals surface area contributed by atoms with Gasteiger partial charge < -0.3 is 0 Å². The highest BCUT2D eigenvalue weighted by molar-refractivity contribution is 6.29. The largest absolute Gasteiger partial charge is 0.278 e. The molecule has 2 aliphatic carbocycles. The molecule has 4 heteroatoms. The van der Waals surface area contributed by atoms with Crippen molar-refractivity contribution in [3.8, 4) is 0 Å². The minimum absolute atomic E-state index is 0.00832. The number of rotatable bonds is 2. The number of hydrogen-bond donors (Lipinski definition) is 0. The predicted octanol–water partition coefficient (Wildman–Crippen LogP) is 1.94. The maximum absolute atomic E-state index is 12.2. The van der Waals surface area contributed by atoms with Crippen molar-refractivity contribution < 1.29 is 9.59 Å². The fourth-order valence-electron chi connectivity index (χ4n) is 3.36. The van der Waals surface area contributed by atoms with Crippen molar-refractivity contribution >= 4 is 23.4 Å². The molecule has 17 heavy (non-hydrogen) atoms. The Hall–Kier alpha value is -1.09. The zero-order valence-corrected chi connectivity index (χ0v) is 10.4. The number of hydrogen-bond acceptors (Lipinski definition) is 2. The van der Waals surface area contributed by atoms with E-state index in [4.69, 9.17) is 11.6 Å². The number of fused-ring (bicyclic) bond motifs is 5. The highest BCUT2D eigenvalue weighted by Crippen LogP contribution is 2.52. The summed E-state index contributed by atoms with van der Waals surface area (Å²) in [6, 6.07) is 0. The summed E-state index contributed by atoms with van der Waals surface area (Å²) in [5.74, 6) is 0.361. The van der Waals surface area contributed by atoms with Gasteiger partial charge >= 0.3 is 0 Å². The van der Waals surface area contributed by atoms with E-state index >= 15 is 0 Å². The molecule has 1 saturated carbocycles. The molecule has 1 aliphatic heterocycles. The Morgan fingerprint density at radius 1 is 1.35 bits per heavy atom. The number of likely N-dealkylation sites (tertiary alicyclic amines) is 1. The number of carbonyl (C=O) groups excluding carboxylic acids is 2. The molecule has 90 valence electrons. The van der Waals surface area contributed by atoms with Crippen molar-refractivity contribution in [1.82, 2.24) is 4.90 Å². The van der Waals surface area contributed by atoms with Gasteiger partial charge in [0.2, 0.25) is 11.8 Å². The zero-order valence-electron chi connectivity index (χ0n) is 9.60. The van der Waals surface area contributed by atoms with Crippen LogP contribution in [0, 0.1) is 23.7 Å². The number of halogens is 1. The molecule has 3 rings (SSSR count). The Labute approximate surface area is 105 Å². The van der Waals surface area contributed by atoms with E-state index in [1.165, 1.54) is 4.90 Å². The number of nitrogens with zero attached hydrogens (tertiary/aromatic N) is 1. The highest BCUT2D eigenvalue weighted by atomic mass is 35.5. The lowest BCUT2D eigenvalue weighted by Crippen LogP contribution is -2.33. The first kappa shape index (κ1) is 11.0. The van der Waals surface area contributed by atoms with Crippen molar-refractivity contribution in [1.29, 1.82) is 0 Å². The Morgan fingerprint density at radius 3 is 2.35 bits per heavy atom. The third-order valence-corrected chi connectivity index (χ3v) is 4.27. The van der Waals surface area contributed by atoms with Crippen LogP contribution in [0.25, 0.3) is 0 Å². The van der Waals surface area contributed by atoms with Gasteiger partial charge in [0, 0.05) is 11.6 Å². The van der Waals surface area contributed by atoms with Gasteiger partial charge in [0.05, 0.1) is 11.8 Å². The van der Waals surface area contributed by atoms with Gasteiger partial charge in [-0.25, -0.2) is 0 Å². The Bertz CT molecular complexity index is 420. The van der Waals surface area contributed by atoms with E-state index in [1.807, 2.05) is 0 Å². The summed E-state index contributed by atoms with van der Waals surface area (Å²) in [6.07, 6.45) is 6.89. The van der Waals surface area contributed by atoms with Crippen molar-refractivity contribution in [3.05, 3.63) is 23.3 Å². The lowest BCUT2D eigenvalue weighted by Gasteiger charge is -2.14. The fourth-order valence-corrected chi connectivity index (χ4v) is 3.43. The quantitative estimate of drug-likeness (QED) is 0.556. The van der Waals surface area contributed by atoms with Crippen molar-refractivity contribution in [2.24, 2.45) is 23.7 Å². The van der Waals surface area contributed by atoms with Crippen molar-refractivity contribution in [2.45, 2.75) is 13.3 Å². The van der Waals surface area contributed by atoms with Gasteiger partial charge in [-0.1, -0.05) is 29.8 Å². The second-order valence-corrected chi connectivity index (χ2v) is 5.67. The standard InChI is InChI=1S/C13H14ClNO2/c1-7(14)4-5-15-12(16)10-8-2-3-9(6-8)11(10)13(15)17/h2-4,8-11H,5-6H2,1H3/b7-4-/t8-,9-,10-,11+/m0/s1. The van der Waals surface area contributed by atoms with Crippen LogP contribution < -0.4 is 0 Å². The molecule has 3 aliphatic rings. The summed E-state index contributed by atoms with van der Waals surface area (Å²) in [7, 11) is 0. The lowest BCUT2D eigenvalue weighted by atomic mass is 9.85. The third-order valence-electron chi connectivity index (χ3n) is 4.12. The molecule has 2 bridgehead atoms. The van der Waals surface area contributed by atoms with Crippen LogP contribution in [0.15, 0.2) is 23.3 Å². The third kappa shape index (κ3) is 1.48. The van der Waals surface area contributed by atoms with Gasteiger partial charge in [0.1, 0.15) is 0 Å². The average Bonchev–Trinajstić information content (AvgIpc) is 2.92. The highest BCUT2D eigenvalue weighted by Gasteiger charge is 2.58. The molecule has 0 radical (unpaired) electrons. The van der Waals surface area contributed by atoms with Crippen LogP contribution in [-0.4, -0.2) is 23.3 Å². The van der Waals surface area contributed by atoms with Crippen LogP contribution >= 0.6 is 11.6 Å². The van der Waals surface area contributed by atoms with Gasteiger partial charge in [-0.15, -0.1) is 0 Å². The molecule has 4 atom stereocenters. The van der Waals surface area contributed by atoms with Crippen LogP contribution in [0.1, 0.15) is 13.3 Å². The van der Waals surface area contributed by atoms with Crippen LogP contribution in [0.2, 0.25) is 0 Å². The van der Waals surface area contributed by atoms with Gasteiger partial charge in [-0.05, 0) is 25.2 Å². The average molecular weight is 252 g/mol. The number of carbonyl (C=O) groups is 2. The molecule has 0 unspecified atom stereocenters. The van der Waals surface area contributed by atoms with Crippen LogP contribution in [-0.2, 0) is 9.59 Å². The molecular weight excluding hydrogens is 238 g/mol. The first-order valence-corrected chi connectivity index (χ1v) is 6.33. The molecule has 2 amide bonds. The van der Waals surface area contributed by atoms with Gasteiger partial charge in [0.25, 0.3) is 0 Å². The molecule has 1 heterocycles.